The van der Waals surface area contributed by atoms with Crippen LogP contribution < -0.4 is 15.8 Å². The molecular weight excluding hydrogens is 208 g/mol. The number of para-hydroxylation sites is 1. The van der Waals surface area contributed by atoms with E-state index >= 15 is 0 Å². The zero-order chi connectivity index (χ0) is 12.0. The Bertz CT molecular complexity index is 366. The van der Waals surface area contributed by atoms with E-state index < -0.39 is 5.97 Å². The van der Waals surface area contributed by atoms with Crippen molar-refractivity contribution in [2.45, 2.75) is 13.3 Å². The maximum absolute atomic E-state index is 10.4. The summed E-state index contributed by atoms with van der Waals surface area (Å²) in [4.78, 5) is 10.4. The van der Waals surface area contributed by atoms with E-state index in [0.29, 0.717) is 23.7 Å². The van der Waals surface area contributed by atoms with Crippen LogP contribution in [0.5, 0.6) is 5.75 Å². The molecule has 5 heteroatoms. The molecule has 0 saturated carbocycles. The Labute approximate surface area is 94.2 Å². The van der Waals surface area contributed by atoms with Gasteiger partial charge in [-0.2, -0.15) is 0 Å². The largest absolute Gasteiger partial charge is 0.491 e. The van der Waals surface area contributed by atoms with Crippen LogP contribution in [-0.4, -0.2) is 24.2 Å². The molecule has 0 amide bonds. The van der Waals surface area contributed by atoms with E-state index in [0.717, 1.165) is 6.42 Å². The molecule has 0 bridgehead atoms. The lowest BCUT2D eigenvalue weighted by Crippen LogP contribution is -2.13. The molecule has 1 aromatic carbocycles. The number of carbonyl (C=O) groups is 1. The number of nitrogen functional groups attached to an aromatic ring is 1. The van der Waals surface area contributed by atoms with Gasteiger partial charge in [-0.05, 0) is 18.6 Å². The monoisotopic (exact) mass is 224 g/mol. The number of anilines is 2. The minimum Gasteiger partial charge on any atom is -0.491 e. The zero-order valence-corrected chi connectivity index (χ0v) is 9.19. The van der Waals surface area contributed by atoms with Crippen LogP contribution in [0.15, 0.2) is 18.2 Å². The number of nitrogens with two attached hydrogens (primary N) is 1. The molecule has 88 valence electrons. The maximum atomic E-state index is 10.4. The Balaban J connectivity index is 2.73. The molecule has 0 aromatic heterocycles. The number of aliphatic carboxylic acids is 1. The average molecular weight is 224 g/mol. The van der Waals surface area contributed by atoms with Gasteiger partial charge in [0.1, 0.15) is 12.3 Å². The number of rotatable bonds is 6. The van der Waals surface area contributed by atoms with Crippen molar-refractivity contribution in [1.82, 2.24) is 0 Å². The Morgan fingerprint density at radius 3 is 2.94 bits per heavy atom. The zero-order valence-electron chi connectivity index (χ0n) is 9.19. The number of hydrogen-bond donors (Lipinski definition) is 3. The smallest absolute Gasteiger partial charge is 0.322 e. The highest BCUT2D eigenvalue weighted by atomic mass is 16.5. The molecule has 0 heterocycles. The highest BCUT2D eigenvalue weighted by Gasteiger charge is 2.06. The number of benzene rings is 1. The lowest BCUT2D eigenvalue weighted by atomic mass is 10.2. The fraction of sp³-hybridized carbons (Fsp3) is 0.364. The van der Waals surface area contributed by atoms with E-state index in [2.05, 4.69) is 5.32 Å². The molecule has 0 spiro atoms. The van der Waals surface area contributed by atoms with Crippen molar-refractivity contribution in [3.8, 4) is 5.75 Å². The van der Waals surface area contributed by atoms with Crippen molar-refractivity contribution < 1.29 is 14.6 Å². The summed E-state index contributed by atoms with van der Waals surface area (Å²) >= 11 is 0. The Kier molecular flexibility index (Phi) is 4.44. The van der Waals surface area contributed by atoms with Gasteiger partial charge in [-0.25, -0.2) is 0 Å². The summed E-state index contributed by atoms with van der Waals surface area (Å²) in [5.41, 5.74) is 6.85. The van der Waals surface area contributed by atoms with Crippen LogP contribution in [0, 0.1) is 0 Å². The Morgan fingerprint density at radius 2 is 2.31 bits per heavy atom. The van der Waals surface area contributed by atoms with Gasteiger partial charge in [0.05, 0.1) is 18.0 Å². The first-order valence-electron chi connectivity index (χ1n) is 5.12. The van der Waals surface area contributed by atoms with E-state index in [-0.39, 0.29) is 6.54 Å². The second kappa shape index (κ2) is 5.85. The second-order valence-corrected chi connectivity index (χ2v) is 3.31. The third-order valence-electron chi connectivity index (χ3n) is 1.96. The molecule has 0 radical (unpaired) electrons. The number of ether oxygens (including phenoxy) is 1. The molecule has 0 saturated heterocycles. The van der Waals surface area contributed by atoms with E-state index in [1.807, 2.05) is 6.92 Å². The molecule has 0 unspecified atom stereocenters. The van der Waals surface area contributed by atoms with Crippen molar-refractivity contribution in [3.63, 3.8) is 0 Å². The summed E-state index contributed by atoms with van der Waals surface area (Å²) < 4.78 is 5.42. The maximum Gasteiger partial charge on any atom is 0.322 e. The van der Waals surface area contributed by atoms with Crippen LogP contribution in [0.4, 0.5) is 11.4 Å². The predicted molar refractivity (Wildman–Crippen MR) is 62.8 cm³/mol. The first kappa shape index (κ1) is 12.2. The molecule has 16 heavy (non-hydrogen) atoms. The van der Waals surface area contributed by atoms with Gasteiger partial charge in [0, 0.05) is 0 Å². The fourth-order valence-electron chi connectivity index (χ4n) is 1.21. The highest BCUT2D eigenvalue weighted by molar-refractivity contribution is 5.78. The van der Waals surface area contributed by atoms with Gasteiger partial charge in [-0.3, -0.25) is 4.79 Å². The average Bonchev–Trinajstić information content (AvgIpc) is 2.26. The van der Waals surface area contributed by atoms with Gasteiger partial charge in [0.2, 0.25) is 0 Å². The lowest BCUT2D eigenvalue weighted by Gasteiger charge is -2.12. The van der Waals surface area contributed by atoms with Crippen molar-refractivity contribution in [3.05, 3.63) is 18.2 Å². The van der Waals surface area contributed by atoms with Gasteiger partial charge in [-0.15, -0.1) is 0 Å². The van der Waals surface area contributed by atoms with Crippen molar-refractivity contribution >= 4 is 17.3 Å². The van der Waals surface area contributed by atoms with Gasteiger partial charge in [-0.1, -0.05) is 13.0 Å². The summed E-state index contributed by atoms with van der Waals surface area (Å²) in [6.07, 6.45) is 0.895. The topological polar surface area (TPSA) is 84.6 Å². The normalized spacial score (nSPS) is 9.81. The van der Waals surface area contributed by atoms with E-state index in [9.17, 15) is 4.79 Å². The second-order valence-electron chi connectivity index (χ2n) is 3.31. The molecule has 0 aliphatic heterocycles. The van der Waals surface area contributed by atoms with Gasteiger partial charge < -0.3 is 20.9 Å². The number of nitrogens with one attached hydrogen (secondary N) is 1. The van der Waals surface area contributed by atoms with Crippen LogP contribution >= 0.6 is 0 Å². The van der Waals surface area contributed by atoms with Crippen LogP contribution in [-0.2, 0) is 4.79 Å². The van der Waals surface area contributed by atoms with Crippen LogP contribution in [0.3, 0.4) is 0 Å². The van der Waals surface area contributed by atoms with Gasteiger partial charge in [0.15, 0.2) is 0 Å². The Hall–Kier alpha value is -1.91. The summed E-state index contributed by atoms with van der Waals surface area (Å²) in [6.45, 7) is 2.43. The van der Waals surface area contributed by atoms with Gasteiger partial charge >= 0.3 is 5.97 Å². The summed E-state index contributed by atoms with van der Waals surface area (Å²) in [7, 11) is 0. The quantitative estimate of drug-likeness (QED) is 0.638. The molecular formula is C11H16N2O3. The third kappa shape index (κ3) is 3.34. The lowest BCUT2D eigenvalue weighted by molar-refractivity contribution is -0.134. The van der Waals surface area contributed by atoms with Crippen molar-refractivity contribution in [2.75, 3.05) is 24.2 Å². The Morgan fingerprint density at radius 1 is 1.56 bits per heavy atom. The SMILES string of the molecule is CCCOc1cccc(NCC(=O)O)c1N. The minimum absolute atomic E-state index is 0.165. The molecule has 0 atom stereocenters. The highest BCUT2D eigenvalue weighted by Crippen LogP contribution is 2.29. The molecule has 0 aliphatic carbocycles. The van der Waals surface area contributed by atoms with Crippen LogP contribution in [0.1, 0.15) is 13.3 Å². The number of carboxylic acid groups (broad SMARTS) is 1. The standard InChI is InChI=1S/C11H16N2O3/c1-2-6-16-9-5-3-4-8(11(9)12)13-7-10(14)15/h3-5,13H,2,6-7,12H2,1H3,(H,14,15). The van der Waals surface area contributed by atoms with E-state index in [1.54, 1.807) is 18.2 Å². The minimum atomic E-state index is -0.931. The molecule has 1 rings (SSSR count). The predicted octanol–water partition coefficient (Wildman–Crippen LogP) is 1.55. The number of carboxylic acids is 1. The molecule has 1 aromatic rings. The third-order valence-corrected chi connectivity index (χ3v) is 1.96. The first-order chi connectivity index (χ1) is 7.65. The summed E-state index contributed by atoms with van der Waals surface area (Å²) in [5.74, 6) is -0.350. The van der Waals surface area contributed by atoms with E-state index in [1.165, 1.54) is 0 Å². The summed E-state index contributed by atoms with van der Waals surface area (Å²) in [5, 5.41) is 11.3. The summed E-state index contributed by atoms with van der Waals surface area (Å²) in [6, 6.07) is 5.25. The molecule has 5 nitrogen and oxygen atoms in total. The van der Waals surface area contributed by atoms with Crippen LogP contribution in [0.2, 0.25) is 0 Å². The first-order valence-corrected chi connectivity index (χ1v) is 5.12. The number of hydrogen-bond acceptors (Lipinski definition) is 4. The molecule has 0 aliphatic rings. The molecule has 4 N–H and O–H groups in total. The van der Waals surface area contributed by atoms with E-state index in [4.69, 9.17) is 15.6 Å². The van der Waals surface area contributed by atoms with Crippen molar-refractivity contribution in [1.29, 1.82) is 0 Å². The van der Waals surface area contributed by atoms with Crippen LogP contribution in [0.25, 0.3) is 0 Å². The van der Waals surface area contributed by atoms with Gasteiger partial charge in [0.25, 0.3) is 0 Å². The fourth-order valence-corrected chi connectivity index (χ4v) is 1.21. The van der Waals surface area contributed by atoms with Crippen molar-refractivity contribution in [2.24, 2.45) is 0 Å². The molecule has 0 fully saturated rings.